The highest BCUT2D eigenvalue weighted by Gasteiger charge is 2.04. The molecule has 1 N–H and O–H groups in total. The van der Waals surface area contributed by atoms with Crippen molar-refractivity contribution in [2.75, 3.05) is 0 Å². The van der Waals surface area contributed by atoms with E-state index < -0.39 is 0 Å². The molecule has 2 aromatic heterocycles. The van der Waals surface area contributed by atoms with Crippen molar-refractivity contribution in [3.8, 4) is 17.1 Å². The average Bonchev–Trinajstić information content (AvgIpc) is 3.01. The van der Waals surface area contributed by atoms with Gasteiger partial charge in [0.15, 0.2) is 0 Å². The molecule has 78 valence electrons. The van der Waals surface area contributed by atoms with Gasteiger partial charge in [-0.05, 0) is 24.3 Å². The molecule has 3 rings (SSSR count). The van der Waals surface area contributed by atoms with Crippen LogP contribution in [0.15, 0.2) is 54.9 Å². The van der Waals surface area contributed by atoms with Crippen molar-refractivity contribution in [2.24, 2.45) is 0 Å². The number of nitrogens with one attached hydrogen (secondary N) is 1. The lowest BCUT2D eigenvalue weighted by molar-refractivity contribution is 0.804. The fraction of sp³-hybridized carbons (Fsp3) is 0. The molecule has 3 aromatic rings. The van der Waals surface area contributed by atoms with Gasteiger partial charge < -0.3 is 4.98 Å². The standard InChI is InChI=1S/C12H10N4/c1-2-5-10(6-3-1)16-9-12(14-15-16)11-7-4-8-13-11/h1-9,13H. The fourth-order valence-corrected chi connectivity index (χ4v) is 1.58. The topological polar surface area (TPSA) is 46.5 Å². The maximum atomic E-state index is 4.12. The van der Waals surface area contributed by atoms with Gasteiger partial charge in [0.05, 0.1) is 17.6 Å². The zero-order valence-electron chi connectivity index (χ0n) is 8.54. The van der Waals surface area contributed by atoms with Gasteiger partial charge in [0.1, 0.15) is 5.69 Å². The summed E-state index contributed by atoms with van der Waals surface area (Å²) in [6.45, 7) is 0. The van der Waals surface area contributed by atoms with Crippen LogP contribution >= 0.6 is 0 Å². The highest BCUT2D eigenvalue weighted by atomic mass is 15.4. The maximum absolute atomic E-state index is 4.12. The van der Waals surface area contributed by atoms with Crippen LogP contribution in [0.25, 0.3) is 17.1 Å². The summed E-state index contributed by atoms with van der Waals surface area (Å²) in [5.74, 6) is 0. The summed E-state index contributed by atoms with van der Waals surface area (Å²) in [6.07, 6.45) is 3.78. The molecule has 4 heteroatoms. The minimum Gasteiger partial charge on any atom is -0.360 e. The van der Waals surface area contributed by atoms with Crippen molar-refractivity contribution in [3.63, 3.8) is 0 Å². The first-order chi connectivity index (χ1) is 7.93. The Morgan fingerprint density at radius 3 is 2.62 bits per heavy atom. The first-order valence-corrected chi connectivity index (χ1v) is 5.05. The number of H-pyrrole nitrogens is 1. The van der Waals surface area contributed by atoms with Gasteiger partial charge in [-0.15, -0.1) is 5.10 Å². The summed E-state index contributed by atoms with van der Waals surface area (Å²) >= 11 is 0. The zero-order chi connectivity index (χ0) is 10.8. The Bertz CT molecular complexity index is 566. The summed E-state index contributed by atoms with van der Waals surface area (Å²) < 4.78 is 1.76. The summed E-state index contributed by atoms with van der Waals surface area (Å²) in [6, 6.07) is 13.8. The number of aromatic amines is 1. The summed E-state index contributed by atoms with van der Waals surface area (Å²) in [5.41, 5.74) is 2.82. The van der Waals surface area contributed by atoms with E-state index in [0.29, 0.717) is 0 Å². The largest absolute Gasteiger partial charge is 0.360 e. The molecule has 2 heterocycles. The third-order valence-corrected chi connectivity index (χ3v) is 2.39. The van der Waals surface area contributed by atoms with E-state index in [1.807, 2.05) is 54.9 Å². The molecule has 0 unspecified atom stereocenters. The number of rotatable bonds is 2. The second kappa shape index (κ2) is 3.66. The number of para-hydroxylation sites is 1. The van der Waals surface area contributed by atoms with Crippen molar-refractivity contribution in [3.05, 3.63) is 54.9 Å². The van der Waals surface area contributed by atoms with Gasteiger partial charge in [0.2, 0.25) is 0 Å². The molecule has 0 amide bonds. The van der Waals surface area contributed by atoms with Gasteiger partial charge >= 0.3 is 0 Å². The van der Waals surface area contributed by atoms with Crippen molar-refractivity contribution in [2.45, 2.75) is 0 Å². The van der Waals surface area contributed by atoms with Crippen molar-refractivity contribution < 1.29 is 0 Å². The lowest BCUT2D eigenvalue weighted by Gasteiger charge is -1.96. The van der Waals surface area contributed by atoms with E-state index in [2.05, 4.69) is 15.3 Å². The lowest BCUT2D eigenvalue weighted by Crippen LogP contribution is -1.93. The van der Waals surface area contributed by atoms with E-state index in [1.54, 1.807) is 4.68 Å². The molecule has 0 saturated heterocycles. The molecule has 16 heavy (non-hydrogen) atoms. The lowest BCUT2D eigenvalue weighted by atomic mass is 10.3. The minimum atomic E-state index is 0.842. The fourth-order valence-electron chi connectivity index (χ4n) is 1.58. The quantitative estimate of drug-likeness (QED) is 0.705. The zero-order valence-corrected chi connectivity index (χ0v) is 8.54. The van der Waals surface area contributed by atoms with E-state index in [4.69, 9.17) is 0 Å². The van der Waals surface area contributed by atoms with Crippen LogP contribution in [0.2, 0.25) is 0 Å². The molecular formula is C12H10N4. The van der Waals surface area contributed by atoms with Gasteiger partial charge in [0.25, 0.3) is 0 Å². The number of hydrogen-bond acceptors (Lipinski definition) is 2. The van der Waals surface area contributed by atoms with E-state index in [-0.39, 0.29) is 0 Å². The van der Waals surface area contributed by atoms with E-state index in [0.717, 1.165) is 17.1 Å². The third kappa shape index (κ3) is 1.50. The van der Waals surface area contributed by atoms with E-state index >= 15 is 0 Å². The Kier molecular flexibility index (Phi) is 2.04. The van der Waals surface area contributed by atoms with Crippen LogP contribution in [-0.2, 0) is 0 Å². The molecule has 0 aliphatic heterocycles. The van der Waals surface area contributed by atoms with E-state index in [9.17, 15) is 0 Å². The van der Waals surface area contributed by atoms with Gasteiger partial charge in [-0.25, -0.2) is 4.68 Å². The number of nitrogens with zero attached hydrogens (tertiary/aromatic N) is 3. The molecular weight excluding hydrogens is 200 g/mol. The van der Waals surface area contributed by atoms with Crippen LogP contribution in [0.5, 0.6) is 0 Å². The van der Waals surface area contributed by atoms with Crippen LogP contribution in [0.4, 0.5) is 0 Å². The normalized spacial score (nSPS) is 10.5. The molecule has 0 radical (unpaired) electrons. The van der Waals surface area contributed by atoms with Crippen molar-refractivity contribution in [1.82, 2.24) is 20.0 Å². The second-order valence-electron chi connectivity index (χ2n) is 3.47. The van der Waals surface area contributed by atoms with Crippen LogP contribution in [-0.4, -0.2) is 20.0 Å². The number of hydrogen-bond donors (Lipinski definition) is 1. The Balaban J connectivity index is 2.00. The molecule has 0 atom stereocenters. The van der Waals surface area contributed by atoms with Crippen molar-refractivity contribution in [1.29, 1.82) is 0 Å². The Morgan fingerprint density at radius 1 is 1.00 bits per heavy atom. The Morgan fingerprint density at radius 2 is 1.88 bits per heavy atom. The smallest absolute Gasteiger partial charge is 0.129 e. The predicted molar refractivity (Wildman–Crippen MR) is 61.1 cm³/mol. The van der Waals surface area contributed by atoms with Crippen LogP contribution in [0.1, 0.15) is 0 Å². The highest BCUT2D eigenvalue weighted by Crippen LogP contribution is 2.14. The average molecular weight is 210 g/mol. The molecule has 4 nitrogen and oxygen atoms in total. The van der Waals surface area contributed by atoms with Gasteiger partial charge in [-0.3, -0.25) is 0 Å². The molecule has 0 spiro atoms. The van der Waals surface area contributed by atoms with Gasteiger partial charge in [0, 0.05) is 6.20 Å². The van der Waals surface area contributed by atoms with E-state index in [1.165, 1.54) is 0 Å². The predicted octanol–water partition coefficient (Wildman–Crippen LogP) is 2.26. The molecule has 0 aliphatic carbocycles. The van der Waals surface area contributed by atoms with Crippen LogP contribution in [0.3, 0.4) is 0 Å². The highest BCUT2D eigenvalue weighted by molar-refractivity contribution is 5.52. The first-order valence-electron chi connectivity index (χ1n) is 5.05. The SMILES string of the molecule is c1ccc(-n2cc(-c3ccc[nH]3)nn2)cc1. The van der Waals surface area contributed by atoms with Gasteiger partial charge in [-0.2, -0.15) is 0 Å². The minimum absolute atomic E-state index is 0.842. The van der Waals surface area contributed by atoms with Crippen LogP contribution < -0.4 is 0 Å². The maximum Gasteiger partial charge on any atom is 0.129 e. The summed E-state index contributed by atoms with van der Waals surface area (Å²) in [5, 5.41) is 8.21. The Labute approximate surface area is 92.6 Å². The molecule has 0 saturated carbocycles. The van der Waals surface area contributed by atoms with Crippen LogP contribution in [0, 0.1) is 0 Å². The monoisotopic (exact) mass is 210 g/mol. The second-order valence-corrected chi connectivity index (χ2v) is 3.47. The van der Waals surface area contributed by atoms with Gasteiger partial charge in [-0.1, -0.05) is 23.4 Å². The summed E-state index contributed by atoms with van der Waals surface area (Å²) in [4.78, 5) is 3.10. The Hall–Kier alpha value is -2.36. The molecule has 0 aliphatic rings. The molecule has 0 bridgehead atoms. The molecule has 0 fully saturated rings. The first kappa shape index (κ1) is 8.91. The number of aromatic nitrogens is 4. The number of benzene rings is 1. The summed E-state index contributed by atoms with van der Waals surface area (Å²) in [7, 11) is 0. The van der Waals surface area contributed by atoms with Crippen molar-refractivity contribution >= 4 is 0 Å². The molecule has 1 aromatic carbocycles. The third-order valence-electron chi connectivity index (χ3n) is 2.39.